The van der Waals surface area contributed by atoms with Crippen molar-refractivity contribution in [2.45, 2.75) is 45.8 Å². The number of nitrogens with one attached hydrogen (secondary N) is 1. The number of aromatic nitrogens is 1. The van der Waals surface area contributed by atoms with Crippen LogP contribution in [0.2, 0.25) is 5.02 Å². The van der Waals surface area contributed by atoms with E-state index < -0.39 is 12.1 Å². The van der Waals surface area contributed by atoms with Crippen LogP contribution in [-0.4, -0.2) is 33.8 Å². The summed E-state index contributed by atoms with van der Waals surface area (Å²) < 4.78 is 0. The van der Waals surface area contributed by atoms with Crippen LogP contribution >= 0.6 is 11.6 Å². The first-order valence-corrected chi connectivity index (χ1v) is 7.52. The predicted molar refractivity (Wildman–Crippen MR) is 80.6 cm³/mol. The Hall–Kier alpha value is -1.62. The van der Waals surface area contributed by atoms with E-state index in [1.165, 1.54) is 0 Å². The number of rotatable bonds is 4. The van der Waals surface area contributed by atoms with E-state index >= 15 is 0 Å². The Labute approximate surface area is 129 Å². The van der Waals surface area contributed by atoms with E-state index in [2.05, 4.69) is 10.3 Å². The average molecular weight is 310 g/mol. The molecule has 0 aliphatic carbocycles. The van der Waals surface area contributed by atoms with Crippen LogP contribution in [0.4, 0.5) is 0 Å². The normalized spacial score (nSPS) is 23.9. The van der Waals surface area contributed by atoms with Gasteiger partial charge in [-0.3, -0.25) is 14.6 Å². The van der Waals surface area contributed by atoms with Gasteiger partial charge in [0.05, 0.1) is 5.02 Å². The van der Waals surface area contributed by atoms with Crippen molar-refractivity contribution in [3.05, 3.63) is 29.0 Å². The second kappa shape index (κ2) is 6.43. The lowest BCUT2D eigenvalue weighted by atomic mass is 9.94. The lowest BCUT2D eigenvalue weighted by Gasteiger charge is -2.39. The Bertz CT molecular complexity index is 549. The van der Waals surface area contributed by atoms with Gasteiger partial charge >= 0.3 is 0 Å². The van der Waals surface area contributed by atoms with E-state index in [0.717, 1.165) is 12.0 Å². The van der Waals surface area contributed by atoms with Crippen molar-refractivity contribution in [1.29, 1.82) is 0 Å². The van der Waals surface area contributed by atoms with E-state index in [1.54, 1.807) is 30.3 Å². The smallest absolute Gasteiger partial charge is 0.246 e. The lowest BCUT2D eigenvalue weighted by Crippen LogP contribution is -2.63. The minimum absolute atomic E-state index is 0.0515. The van der Waals surface area contributed by atoms with Crippen molar-refractivity contribution in [1.82, 2.24) is 15.2 Å². The molecular weight excluding hydrogens is 290 g/mol. The van der Waals surface area contributed by atoms with Crippen molar-refractivity contribution in [2.24, 2.45) is 5.92 Å². The average Bonchev–Trinajstić information content (AvgIpc) is 2.48. The summed E-state index contributed by atoms with van der Waals surface area (Å²) >= 11 is 6.10. The Morgan fingerprint density at radius 3 is 2.81 bits per heavy atom. The van der Waals surface area contributed by atoms with Gasteiger partial charge < -0.3 is 10.2 Å². The molecule has 1 aliphatic heterocycles. The van der Waals surface area contributed by atoms with Gasteiger partial charge in [-0.1, -0.05) is 31.9 Å². The molecule has 0 bridgehead atoms. The molecule has 0 aromatic carbocycles. The van der Waals surface area contributed by atoms with Crippen LogP contribution in [0.25, 0.3) is 0 Å². The van der Waals surface area contributed by atoms with Crippen molar-refractivity contribution >= 4 is 23.4 Å². The second-order valence-electron chi connectivity index (χ2n) is 5.48. The second-order valence-corrected chi connectivity index (χ2v) is 5.89. The zero-order valence-corrected chi connectivity index (χ0v) is 13.2. The zero-order valence-electron chi connectivity index (χ0n) is 12.5. The molecule has 1 aromatic rings. The molecule has 0 saturated carbocycles. The van der Waals surface area contributed by atoms with Crippen LogP contribution in [0.15, 0.2) is 18.5 Å². The van der Waals surface area contributed by atoms with Crippen LogP contribution in [0, 0.1) is 5.92 Å². The lowest BCUT2D eigenvalue weighted by molar-refractivity contribution is -0.150. The molecule has 2 rings (SSSR count). The van der Waals surface area contributed by atoms with Crippen LogP contribution in [0.1, 0.15) is 32.8 Å². The molecule has 114 valence electrons. The maximum absolute atomic E-state index is 12.6. The van der Waals surface area contributed by atoms with Gasteiger partial charge in [0.25, 0.3) is 0 Å². The SMILES string of the molecule is CCC(C)C1NC(=O)C(C)N(Cc2ccncc2Cl)C1=O. The van der Waals surface area contributed by atoms with Gasteiger partial charge in [0.15, 0.2) is 0 Å². The van der Waals surface area contributed by atoms with E-state index in [0.29, 0.717) is 11.6 Å². The summed E-state index contributed by atoms with van der Waals surface area (Å²) in [6.45, 7) is 6.03. The fourth-order valence-corrected chi connectivity index (χ4v) is 2.58. The van der Waals surface area contributed by atoms with E-state index in [9.17, 15) is 9.59 Å². The van der Waals surface area contributed by atoms with Crippen LogP contribution in [0.3, 0.4) is 0 Å². The summed E-state index contributed by atoms with van der Waals surface area (Å²) in [4.78, 5) is 30.3. The number of hydrogen-bond acceptors (Lipinski definition) is 3. The number of pyridine rings is 1. The third-order valence-electron chi connectivity index (χ3n) is 4.10. The first kappa shape index (κ1) is 15.8. The molecule has 5 nitrogen and oxygen atoms in total. The number of amides is 2. The Morgan fingerprint density at radius 2 is 2.19 bits per heavy atom. The van der Waals surface area contributed by atoms with Crippen molar-refractivity contribution in [3.8, 4) is 0 Å². The molecule has 3 atom stereocenters. The minimum atomic E-state index is -0.498. The number of halogens is 1. The van der Waals surface area contributed by atoms with Crippen LogP contribution in [0.5, 0.6) is 0 Å². The number of nitrogens with zero attached hydrogens (tertiary/aromatic N) is 2. The highest BCUT2D eigenvalue weighted by Crippen LogP contribution is 2.22. The largest absolute Gasteiger partial charge is 0.342 e. The van der Waals surface area contributed by atoms with E-state index in [1.807, 2.05) is 13.8 Å². The molecule has 0 spiro atoms. The fraction of sp³-hybridized carbons (Fsp3) is 0.533. The van der Waals surface area contributed by atoms with Crippen LogP contribution < -0.4 is 5.32 Å². The third kappa shape index (κ3) is 3.18. The molecule has 21 heavy (non-hydrogen) atoms. The number of carbonyl (C=O) groups is 2. The summed E-state index contributed by atoms with van der Waals surface area (Å²) in [6, 6.07) is 0.814. The molecule has 1 aromatic heterocycles. The number of piperazine rings is 1. The van der Waals surface area contributed by atoms with Crippen molar-refractivity contribution in [2.75, 3.05) is 0 Å². The van der Waals surface area contributed by atoms with E-state index in [-0.39, 0.29) is 17.7 Å². The van der Waals surface area contributed by atoms with E-state index in [4.69, 9.17) is 11.6 Å². The van der Waals surface area contributed by atoms with Gasteiger partial charge in [0.2, 0.25) is 11.8 Å². The molecule has 6 heteroatoms. The predicted octanol–water partition coefficient (Wildman–Crippen LogP) is 2.00. The topological polar surface area (TPSA) is 62.3 Å². The zero-order chi connectivity index (χ0) is 15.6. The molecule has 1 N–H and O–H groups in total. The molecule has 3 unspecified atom stereocenters. The first-order chi connectivity index (χ1) is 9.95. The van der Waals surface area contributed by atoms with Gasteiger partial charge in [-0.2, -0.15) is 0 Å². The highest BCUT2D eigenvalue weighted by atomic mass is 35.5. The Balaban J connectivity index is 2.25. The summed E-state index contributed by atoms with van der Waals surface area (Å²) in [5.41, 5.74) is 0.796. The Morgan fingerprint density at radius 1 is 1.48 bits per heavy atom. The Kier molecular flexibility index (Phi) is 4.83. The minimum Gasteiger partial charge on any atom is -0.342 e. The van der Waals surface area contributed by atoms with Crippen molar-refractivity contribution < 1.29 is 9.59 Å². The third-order valence-corrected chi connectivity index (χ3v) is 4.44. The maximum atomic E-state index is 12.6. The summed E-state index contributed by atoms with van der Waals surface area (Å²) in [5.74, 6) is -0.0706. The molecule has 2 amide bonds. The monoisotopic (exact) mass is 309 g/mol. The summed E-state index contributed by atoms with van der Waals surface area (Å²) in [5, 5.41) is 3.32. The van der Waals surface area contributed by atoms with Gasteiger partial charge in [-0.25, -0.2) is 0 Å². The number of carbonyl (C=O) groups excluding carboxylic acids is 2. The molecule has 1 fully saturated rings. The van der Waals surface area contributed by atoms with Gasteiger partial charge in [-0.15, -0.1) is 0 Å². The van der Waals surface area contributed by atoms with Crippen LogP contribution in [-0.2, 0) is 16.1 Å². The first-order valence-electron chi connectivity index (χ1n) is 7.15. The quantitative estimate of drug-likeness (QED) is 0.925. The van der Waals surface area contributed by atoms with Gasteiger partial charge in [-0.05, 0) is 24.5 Å². The summed E-state index contributed by atoms with van der Waals surface area (Å²) in [6.07, 6.45) is 4.00. The molecule has 1 aliphatic rings. The highest BCUT2D eigenvalue weighted by molar-refractivity contribution is 6.31. The fourth-order valence-electron chi connectivity index (χ4n) is 2.40. The maximum Gasteiger partial charge on any atom is 0.246 e. The van der Waals surface area contributed by atoms with Gasteiger partial charge in [0, 0.05) is 18.9 Å². The molecule has 0 radical (unpaired) electrons. The molecule has 1 saturated heterocycles. The standard InChI is InChI=1S/C15H20ClN3O2/c1-4-9(2)13-15(21)19(10(3)14(20)18-13)8-11-5-6-17-7-12(11)16/h5-7,9-10,13H,4,8H2,1-3H3,(H,18,20). The molecule has 2 heterocycles. The van der Waals surface area contributed by atoms with Crippen molar-refractivity contribution in [3.63, 3.8) is 0 Å². The number of hydrogen-bond donors (Lipinski definition) is 1. The molecular formula is C15H20ClN3O2. The van der Waals surface area contributed by atoms with Gasteiger partial charge in [0.1, 0.15) is 12.1 Å². The highest BCUT2D eigenvalue weighted by Gasteiger charge is 2.40. The summed E-state index contributed by atoms with van der Waals surface area (Å²) in [7, 11) is 0.